The molecule has 0 spiro atoms. The number of hydrogen-bond acceptors (Lipinski definition) is 3. The summed E-state index contributed by atoms with van der Waals surface area (Å²) >= 11 is 0. The Hall–Kier alpha value is -1.81. The molecule has 1 aliphatic rings. The summed E-state index contributed by atoms with van der Waals surface area (Å²) in [5.41, 5.74) is 0.391. The number of aliphatic hydroxyl groups excluding tert-OH is 1. The van der Waals surface area contributed by atoms with Crippen molar-refractivity contribution < 1.29 is 9.50 Å². The fourth-order valence-corrected chi connectivity index (χ4v) is 2.77. The van der Waals surface area contributed by atoms with E-state index in [1.54, 1.807) is 24.5 Å². The lowest BCUT2D eigenvalue weighted by molar-refractivity contribution is 0.0203. The number of rotatable bonds is 3. The van der Waals surface area contributed by atoms with Gasteiger partial charge in [-0.1, -0.05) is 18.6 Å². The van der Waals surface area contributed by atoms with Crippen LogP contribution in [-0.2, 0) is 5.41 Å². The summed E-state index contributed by atoms with van der Waals surface area (Å²) in [7, 11) is 0. The molecule has 3 rings (SSSR count). The summed E-state index contributed by atoms with van der Waals surface area (Å²) < 4.78 is 13.4. The summed E-state index contributed by atoms with van der Waals surface area (Å²) in [6, 6.07) is 8.19. The molecule has 1 heterocycles. The molecule has 1 saturated carbocycles. The van der Waals surface area contributed by atoms with Crippen molar-refractivity contribution in [2.24, 2.45) is 0 Å². The van der Waals surface area contributed by atoms with Crippen LogP contribution >= 0.6 is 0 Å². The minimum absolute atomic E-state index is 0.273. The minimum atomic E-state index is -0.788. The lowest BCUT2D eigenvalue weighted by Crippen LogP contribution is -2.41. The van der Waals surface area contributed by atoms with E-state index >= 15 is 0 Å². The zero-order valence-corrected chi connectivity index (χ0v) is 10.5. The second-order valence-electron chi connectivity index (χ2n) is 5.03. The van der Waals surface area contributed by atoms with Crippen LogP contribution in [0.1, 0.15) is 36.8 Å². The molecule has 1 fully saturated rings. The molecule has 0 amide bonds. The van der Waals surface area contributed by atoms with Crippen molar-refractivity contribution >= 4 is 0 Å². The van der Waals surface area contributed by atoms with E-state index in [0.717, 1.165) is 24.8 Å². The molecule has 98 valence electrons. The Bertz CT molecular complexity index is 569. The molecule has 19 heavy (non-hydrogen) atoms. The Labute approximate surface area is 111 Å². The van der Waals surface area contributed by atoms with Gasteiger partial charge in [-0.3, -0.25) is 0 Å². The van der Waals surface area contributed by atoms with Gasteiger partial charge in [-0.05, 0) is 36.6 Å². The van der Waals surface area contributed by atoms with Crippen LogP contribution in [-0.4, -0.2) is 15.1 Å². The fourth-order valence-electron chi connectivity index (χ4n) is 2.77. The Morgan fingerprint density at radius 3 is 2.47 bits per heavy atom. The van der Waals surface area contributed by atoms with Crippen molar-refractivity contribution in [3.05, 3.63) is 59.9 Å². The SMILES string of the molecule is OC(c1ncccn1)C1(c2cccc(F)c2)CCC1. The van der Waals surface area contributed by atoms with Gasteiger partial charge in [-0.2, -0.15) is 0 Å². The Balaban J connectivity index is 2.00. The van der Waals surface area contributed by atoms with Crippen LogP contribution in [0.3, 0.4) is 0 Å². The van der Waals surface area contributed by atoms with Crippen molar-refractivity contribution in [3.63, 3.8) is 0 Å². The molecule has 1 aromatic heterocycles. The van der Waals surface area contributed by atoms with Gasteiger partial charge >= 0.3 is 0 Å². The van der Waals surface area contributed by atoms with Gasteiger partial charge in [0.25, 0.3) is 0 Å². The molecular weight excluding hydrogens is 243 g/mol. The van der Waals surface area contributed by atoms with E-state index in [0.29, 0.717) is 5.82 Å². The van der Waals surface area contributed by atoms with E-state index in [9.17, 15) is 9.50 Å². The minimum Gasteiger partial charge on any atom is -0.384 e. The van der Waals surface area contributed by atoms with Crippen LogP contribution in [0.2, 0.25) is 0 Å². The zero-order chi connectivity index (χ0) is 13.3. The van der Waals surface area contributed by atoms with Crippen LogP contribution in [0.25, 0.3) is 0 Å². The topological polar surface area (TPSA) is 46.0 Å². The second kappa shape index (κ2) is 4.70. The molecule has 1 atom stereocenters. The highest BCUT2D eigenvalue weighted by molar-refractivity contribution is 5.31. The van der Waals surface area contributed by atoms with Gasteiger partial charge < -0.3 is 5.11 Å². The first-order valence-electron chi connectivity index (χ1n) is 6.43. The largest absolute Gasteiger partial charge is 0.384 e. The Morgan fingerprint density at radius 1 is 1.16 bits per heavy atom. The predicted molar refractivity (Wildman–Crippen MR) is 68.9 cm³/mol. The standard InChI is InChI=1S/C15H15FN2O/c16-12-5-1-4-11(10-12)15(6-2-7-15)13(19)14-17-8-3-9-18-14/h1,3-5,8-10,13,19H,2,6-7H2. The third kappa shape index (κ3) is 2.02. The molecule has 1 N–H and O–H groups in total. The van der Waals surface area contributed by atoms with Crippen molar-refractivity contribution in [3.8, 4) is 0 Å². The first kappa shape index (κ1) is 12.2. The normalized spacial score (nSPS) is 18.6. The number of hydrogen-bond donors (Lipinski definition) is 1. The van der Waals surface area contributed by atoms with Crippen LogP contribution in [0.5, 0.6) is 0 Å². The van der Waals surface area contributed by atoms with E-state index in [2.05, 4.69) is 9.97 Å². The molecule has 1 aromatic carbocycles. The quantitative estimate of drug-likeness (QED) is 0.920. The highest BCUT2D eigenvalue weighted by atomic mass is 19.1. The van der Waals surface area contributed by atoms with E-state index in [1.165, 1.54) is 12.1 Å². The molecule has 1 unspecified atom stereocenters. The van der Waals surface area contributed by atoms with Gasteiger partial charge in [0, 0.05) is 17.8 Å². The molecular formula is C15H15FN2O. The Kier molecular flexibility index (Phi) is 3.03. The van der Waals surface area contributed by atoms with E-state index in [1.807, 2.05) is 6.07 Å². The smallest absolute Gasteiger partial charge is 0.157 e. The lowest BCUT2D eigenvalue weighted by Gasteiger charge is -2.45. The van der Waals surface area contributed by atoms with Gasteiger partial charge in [0.1, 0.15) is 11.9 Å². The second-order valence-corrected chi connectivity index (χ2v) is 5.03. The third-order valence-electron chi connectivity index (χ3n) is 4.00. The van der Waals surface area contributed by atoms with Crippen molar-refractivity contribution in [2.75, 3.05) is 0 Å². The van der Waals surface area contributed by atoms with Gasteiger partial charge in [0.2, 0.25) is 0 Å². The predicted octanol–water partition coefficient (Wildman–Crippen LogP) is 2.77. The number of benzene rings is 1. The van der Waals surface area contributed by atoms with Crippen molar-refractivity contribution in [1.29, 1.82) is 0 Å². The summed E-state index contributed by atoms with van der Waals surface area (Å²) in [5.74, 6) is 0.136. The zero-order valence-electron chi connectivity index (χ0n) is 10.5. The highest BCUT2D eigenvalue weighted by Crippen LogP contribution is 2.51. The van der Waals surface area contributed by atoms with Crippen molar-refractivity contribution in [1.82, 2.24) is 9.97 Å². The van der Waals surface area contributed by atoms with Gasteiger partial charge in [0.15, 0.2) is 5.82 Å². The molecule has 0 radical (unpaired) electrons. The molecule has 2 aromatic rings. The first-order chi connectivity index (χ1) is 9.22. The summed E-state index contributed by atoms with van der Waals surface area (Å²) in [4.78, 5) is 8.24. The Morgan fingerprint density at radius 2 is 1.89 bits per heavy atom. The molecule has 0 bridgehead atoms. The fraction of sp³-hybridized carbons (Fsp3) is 0.333. The lowest BCUT2D eigenvalue weighted by atomic mass is 9.61. The third-order valence-corrected chi connectivity index (χ3v) is 4.00. The molecule has 0 aliphatic heterocycles. The molecule has 3 nitrogen and oxygen atoms in total. The van der Waals surface area contributed by atoms with Crippen LogP contribution < -0.4 is 0 Å². The first-order valence-corrected chi connectivity index (χ1v) is 6.43. The monoisotopic (exact) mass is 258 g/mol. The highest BCUT2D eigenvalue weighted by Gasteiger charge is 2.46. The van der Waals surface area contributed by atoms with Crippen LogP contribution in [0, 0.1) is 5.82 Å². The molecule has 0 saturated heterocycles. The number of aromatic nitrogens is 2. The van der Waals surface area contributed by atoms with E-state index < -0.39 is 11.5 Å². The number of nitrogens with zero attached hydrogens (tertiary/aromatic N) is 2. The summed E-state index contributed by atoms with van der Waals surface area (Å²) in [6.45, 7) is 0. The van der Waals surface area contributed by atoms with E-state index in [-0.39, 0.29) is 5.82 Å². The van der Waals surface area contributed by atoms with Crippen LogP contribution in [0.4, 0.5) is 4.39 Å². The average Bonchev–Trinajstić information content (AvgIpc) is 2.38. The van der Waals surface area contributed by atoms with Gasteiger partial charge in [0.05, 0.1) is 0 Å². The number of aliphatic hydroxyl groups is 1. The molecule has 1 aliphatic carbocycles. The van der Waals surface area contributed by atoms with Crippen molar-refractivity contribution in [2.45, 2.75) is 30.8 Å². The van der Waals surface area contributed by atoms with Gasteiger partial charge in [-0.15, -0.1) is 0 Å². The summed E-state index contributed by atoms with van der Waals surface area (Å²) in [6.07, 6.45) is 5.13. The van der Waals surface area contributed by atoms with E-state index in [4.69, 9.17) is 0 Å². The average molecular weight is 258 g/mol. The van der Waals surface area contributed by atoms with Crippen LogP contribution in [0.15, 0.2) is 42.7 Å². The maximum absolute atomic E-state index is 13.4. The molecule has 4 heteroatoms. The maximum atomic E-state index is 13.4. The van der Waals surface area contributed by atoms with Gasteiger partial charge in [-0.25, -0.2) is 14.4 Å². The number of halogens is 1. The maximum Gasteiger partial charge on any atom is 0.157 e. The summed E-state index contributed by atoms with van der Waals surface area (Å²) in [5, 5.41) is 10.6.